The largest absolute Gasteiger partial charge is 0.502 e. The molecule has 37 heavy (non-hydrogen) atoms. The minimum absolute atomic E-state index is 0.00562. The molecule has 196 valence electrons. The molecule has 0 saturated carbocycles. The second kappa shape index (κ2) is 9.57. The van der Waals surface area contributed by atoms with E-state index in [9.17, 15) is 30.3 Å². The van der Waals surface area contributed by atoms with E-state index >= 15 is 0 Å². The highest BCUT2D eigenvalue weighted by Gasteiger charge is 2.45. The zero-order valence-corrected chi connectivity index (χ0v) is 19.7. The number of aliphatic hydroxyl groups excluding tert-OH is 4. The number of rotatable bonds is 6. The Balaban J connectivity index is 1.77. The Morgan fingerprint density at radius 3 is 2.27 bits per heavy atom. The van der Waals surface area contributed by atoms with Crippen LogP contribution in [0.5, 0.6) is 23.0 Å². The van der Waals surface area contributed by atoms with E-state index in [2.05, 4.69) is 0 Å². The molecule has 5 rings (SSSR count). The smallest absolute Gasteiger partial charge is 0.229 e. The van der Waals surface area contributed by atoms with Gasteiger partial charge in [-0.1, -0.05) is 0 Å². The molecule has 0 spiro atoms. The van der Waals surface area contributed by atoms with Gasteiger partial charge in [-0.3, -0.25) is 4.79 Å². The van der Waals surface area contributed by atoms with Crippen molar-refractivity contribution in [2.75, 3.05) is 20.8 Å². The average molecular weight is 516 g/mol. The van der Waals surface area contributed by atoms with Crippen LogP contribution in [0, 0.1) is 0 Å². The Kier molecular flexibility index (Phi) is 6.43. The summed E-state index contributed by atoms with van der Waals surface area (Å²) in [6, 6.07) is 6.98. The van der Waals surface area contributed by atoms with Crippen molar-refractivity contribution < 1.29 is 53.3 Å². The highest BCUT2D eigenvalue weighted by Crippen LogP contribution is 2.46. The number of methoxy groups -OCH3 is 2. The Bertz CT molecular complexity index is 1480. The molecule has 12 heteroatoms. The minimum atomic E-state index is -1.70. The van der Waals surface area contributed by atoms with Crippen molar-refractivity contribution in [1.82, 2.24) is 0 Å². The zero-order valence-electron chi connectivity index (χ0n) is 19.7. The van der Waals surface area contributed by atoms with Gasteiger partial charge in [0.15, 0.2) is 28.4 Å². The maximum atomic E-state index is 12.3. The Morgan fingerprint density at radius 1 is 0.946 bits per heavy atom. The van der Waals surface area contributed by atoms with E-state index in [-0.39, 0.29) is 45.4 Å². The lowest BCUT2D eigenvalue weighted by molar-refractivity contribution is -0.277. The van der Waals surface area contributed by atoms with E-state index in [4.69, 9.17) is 27.8 Å². The van der Waals surface area contributed by atoms with Gasteiger partial charge in [-0.25, -0.2) is 0 Å². The summed E-state index contributed by atoms with van der Waals surface area (Å²) in [6.07, 6.45) is -6.40. The zero-order chi connectivity index (χ0) is 26.4. The van der Waals surface area contributed by atoms with Gasteiger partial charge in [0, 0.05) is 23.1 Å². The molecule has 12 nitrogen and oxygen atoms in total. The van der Waals surface area contributed by atoms with Crippen LogP contribution < -0.4 is 19.6 Å². The SMILES string of the molecule is COc1cc(-c2oc3cc(=O)cc4occc(c2OC2OC(CO)C(O)C(O)C2O)c43)cc(OC)c1O. The number of hydrogen-bond acceptors (Lipinski definition) is 12. The first-order valence-corrected chi connectivity index (χ1v) is 11.2. The fourth-order valence-corrected chi connectivity index (χ4v) is 4.34. The van der Waals surface area contributed by atoms with Crippen LogP contribution in [0.4, 0.5) is 0 Å². The second-order valence-electron chi connectivity index (χ2n) is 8.43. The predicted molar refractivity (Wildman–Crippen MR) is 127 cm³/mol. The summed E-state index contributed by atoms with van der Waals surface area (Å²) >= 11 is 0. The molecule has 1 aliphatic heterocycles. The quantitative estimate of drug-likeness (QED) is 0.247. The van der Waals surface area contributed by atoms with E-state index < -0.39 is 37.3 Å². The lowest BCUT2D eigenvalue weighted by atomic mass is 9.99. The van der Waals surface area contributed by atoms with E-state index in [1.165, 1.54) is 44.7 Å². The van der Waals surface area contributed by atoms with E-state index in [1.807, 2.05) is 0 Å². The number of ether oxygens (including phenoxy) is 4. The fourth-order valence-electron chi connectivity index (χ4n) is 4.34. The van der Waals surface area contributed by atoms with Gasteiger partial charge in [-0.2, -0.15) is 0 Å². The molecule has 2 aromatic carbocycles. The summed E-state index contributed by atoms with van der Waals surface area (Å²) in [5.74, 6) is -0.126. The molecule has 0 amide bonds. The molecule has 5 atom stereocenters. The lowest BCUT2D eigenvalue weighted by Crippen LogP contribution is -2.60. The van der Waals surface area contributed by atoms with E-state index in [0.717, 1.165) is 0 Å². The molecule has 4 aromatic rings. The third kappa shape index (κ3) is 4.14. The first-order valence-electron chi connectivity index (χ1n) is 11.2. The van der Waals surface area contributed by atoms with Crippen molar-refractivity contribution >= 4 is 21.9 Å². The summed E-state index contributed by atoms with van der Waals surface area (Å²) in [7, 11) is 2.70. The van der Waals surface area contributed by atoms with Gasteiger partial charge in [-0.05, 0) is 18.2 Å². The monoisotopic (exact) mass is 516 g/mol. The van der Waals surface area contributed by atoms with Crippen molar-refractivity contribution in [3.63, 3.8) is 0 Å². The number of phenols is 1. The number of benzene rings is 2. The number of phenolic OH excluding ortho intramolecular Hbond substituents is 1. The molecule has 1 saturated heterocycles. The van der Waals surface area contributed by atoms with Crippen LogP contribution in [0.1, 0.15) is 0 Å². The van der Waals surface area contributed by atoms with Gasteiger partial charge in [0.05, 0.1) is 32.5 Å². The van der Waals surface area contributed by atoms with Gasteiger partial charge in [0.1, 0.15) is 35.6 Å². The van der Waals surface area contributed by atoms with Gasteiger partial charge >= 0.3 is 0 Å². The Hall–Kier alpha value is -3.81. The molecule has 2 aromatic heterocycles. The molecule has 5 N–H and O–H groups in total. The third-order valence-electron chi connectivity index (χ3n) is 6.23. The Labute approximate surface area is 208 Å². The first kappa shape index (κ1) is 24.9. The van der Waals surface area contributed by atoms with Gasteiger partial charge in [-0.15, -0.1) is 0 Å². The summed E-state index contributed by atoms with van der Waals surface area (Å²) < 4.78 is 33.7. The van der Waals surface area contributed by atoms with Gasteiger partial charge < -0.3 is 53.3 Å². The van der Waals surface area contributed by atoms with Crippen LogP contribution in [0.15, 0.2) is 50.2 Å². The van der Waals surface area contributed by atoms with Crippen molar-refractivity contribution in [3.05, 3.63) is 46.8 Å². The van der Waals surface area contributed by atoms with Crippen LogP contribution in [0.25, 0.3) is 33.3 Å². The van der Waals surface area contributed by atoms with Crippen LogP contribution >= 0.6 is 0 Å². The van der Waals surface area contributed by atoms with Crippen LogP contribution in [-0.4, -0.2) is 77.1 Å². The van der Waals surface area contributed by atoms with Crippen molar-refractivity contribution in [2.45, 2.75) is 30.7 Å². The minimum Gasteiger partial charge on any atom is -0.502 e. The van der Waals surface area contributed by atoms with Gasteiger partial charge in [0.25, 0.3) is 0 Å². The molecule has 3 heterocycles. The van der Waals surface area contributed by atoms with Crippen LogP contribution in [0.2, 0.25) is 0 Å². The van der Waals surface area contributed by atoms with E-state index in [0.29, 0.717) is 16.3 Å². The summed E-state index contributed by atoms with van der Waals surface area (Å²) in [4.78, 5) is 12.3. The summed E-state index contributed by atoms with van der Waals surface area (Å²) in [5.41, 5.74) is 0.280. The predicted octanol–water partition coefficient (Wildman–Crippen LogP) is 1.11. The molecular formula is C25H24O12. The Morgan fingerprint density at radius 2 is 1.62 bits per heavy atom. The fraction of sp³-hybridized carbons (Fsp3) is 0.320. The van der Waals surface area contributed by atoms with Crippen LogP contribution in [-0.2, 0) is 4.74 Å². The standard InChI is InChI=1S/C25H24O12/c1-32-15-5-10(6-16(33-2)19(15)28)23-24(37-25-22(31)21(30)20(29)17(9-26)36-25)12-3-4-34-13-7-11(27)8-14(35-23)18(12)13/h3-8,17,20-22,25-26,28-31H,9H2,1-2H3. The number of hydrogen-bond donors (Lipinski definition) is 5. The second-order valence-corrected chi connectivity index (χ2v) is 8.43. The van der Waals surface area contributed by atoms with Crippen molar-refractivity contribution in [3.8, 4) is 34.3 Å². The molecule has 5 unspecified atom stereocenters. The molecule has 0 radical (unpaired) electrons. The third-order valence-corrected chi connectivity index (χ3v) is 6.23. The maximum Gasteiger partial charge on any atom is 0.229 e. The number of aliphatic hydroxyl groups is 4. The topological polar surface area (TPSA) is 181 Å². The highest BCUT2D eigenvalue weighted by molar-refractivity contribution is 6.09. The van der Waals surface area contributed by atoms with E-state index in [1.54, 1.807) is 6.07 Å². The summed E-state index contributed by atoms with van der Waals surface area (Å²) in [5, 5.41) is 51.7. The van der Waals surface area contributed by atoms with Gasteiger partial charge in [0.2, 0.25) is 12.0 Å². The van der Waals surface area contributed by atoms with Crippen molar-refractivity contribution in [1.29, 1.82) is 0 Å². The maximum absolute atomic E-state index is 12.3. The normalized spacial score (nSPS) is 23.9. The number of aromatic hydroxyl groups is 1. The molecule has 1 aliphatic rings. The van der Waals surface area contributed by atoms with Crippen molar-refractivity contribution in [2.24, 2.45) is 0 Å². The summed E-state index contributed by atoms with van der Waals surface area (Å²) in [6.45, 7) is -0.650. The first-order chi connectivity index (χ1) is 17.8. The van der Waals surface area contributed by atoms with Crippen LogP contribution in [0.3, 0.4) is 0 Å². The molecule has 0 aliphatic carbocycles. The average Bonchev–Trinajstić information content (AvgIpc) is 2.90. The molecule has 1 fully saturated rings. The highest BCUT2D eigenvalue weighted by atomic mass is 16.7. The molecular weight excluding hydrogens is 492 g/mol. The lowest BCUT2D eigenvalue weighted by Gasteiger charge is -2.39. The molecule has 0 bridgehead atoms.